The number of aryl methyl sites for hydroxylation is 1. The van der Waals surface area contributed by atoms with Gasteiger partial charge in [-0.2, -0.15) is 0 Å². The minimum atomic E-state index is 0.732. The molecule has 0 fully saturated rings. The molecule has 0 aromatic heterocycles. The average Bonchev–Trinajstić information content (AvgIpc) is 2.81. The highest BCUT2D eigenvalue weighted by Crippen LogP contribution is 2.35. The van der Waals surface area contributed by atoms with E-state index in [-0.39, 0.29) is 0 Å². The van der Waals surface area contributed by atoms with Crippen LogP contribution in [0.3, 0.4) is 0 Å². The molecule has 0 aliphatic carbocycles. The van der Waals surface area contributed by atoms with E-state index in [1.54, 1.807) is 21.3 Å². The van der Waals surface area contributed by atoms with E-state index in [4.69, 9.17) is 18.9 Å². The Morgan fingerprint density at radius 1 is 0.613 bits per heavy atom. The van der Waals surface area contributed by atoms with Crippen LogP contribution in [0.25, 0.3) is 0 Å². The lowest BCUT2D eigenvalue weighted by Crippen LogP contribution is -2.01. The van der Waals surface area contributed by atoms with Crippen LogP contribution in [-0.2, 0) is 12.8 Å². The molecule has 0 aliphatic heterocycles. The monoisotopic (exact) mass is 428 g/mol. The van der Waals surface area contributed by atoms with Crippen molar-refractivity contribution in [2.24, 2.45) is 0 Å². The summed E-state index contributed by atoms with van der Waals surface area (Å²) >= 11 is 0. The van der Waals surface area contributed by atoms with Gasteiger partial charge in [-0.15, -0.1) is 0 Å². The average molecular weight is 429 g/mol. The van der Waals surface area contributed by atoms with Crippen LogP contribution in [0.4, 0.5) is 0 Å². The third-order valence-electron chi connectivity index (χ3n) is 5.67. The zero-order chi connectivity index (χ0) is 22.3. The number of methoxy groups -OCH3 is 3. The third kappa shape index (κ3) is 8.72. The van der Waals surface area contributed by atoms with Gasteiger partial charge >= 0.3 is 0 Å². The maximum absolute atomic E-state index is 5.91. The summed E-state index contributed by atoms with van der Waals surface area (Å²) in [5.74, 6) is 3.27. The largest absolute Gasteiger partial charge is 0.496 e. The highest BCUT2D eigenvalue weighted by Gasteiger charge is 2.13. The van der Waals surface area contributed by atoms with Gasteiger partial charge in [0.1, 0.15) is 23.0 Å². The molecule has 0 saturated heterocycles. The molecular weight excluding hydrogens is 388 g/mol. The summed E-state index contributed by atoms with van der Waals surface area (Å²) in [6, 6.07) is 12.2. The van der Waals surface area contributed by atoms with Crippen molar-refractivity contribution in [3.8, 4) is 23.0 Å². The van der Waals surface area contributed by atoms with Crippen molar-refractivity contribution < 1.29 is 18.9 Å². The second kappa shape index (κ2) is 14.6. The zero-order valence-electron chi connectivity index (χ0n) is 19.9. The van der Waals surface area contributed by atoms with Crippen LogP contribution in [0, 0.1) is 0 Å². The van der Waals surface area contributed by atoms with Crippen molar-refractivity contribution >= 4 is 0 Å². The molecule has 31 heavy (non-hydrogen) atoms. The first-order valence-corrected chi connectivity index (χ1v) is 11.7. The fraction of sp³-hybridized carbons (Fsp3) is 0.556. The normalized spacial score (nSPS) is 10.7. The fourth-order valence-electron chi connectivity index (χ4n) is 3.77. The molecule has 0 unspecified atom stereocenters. The summed E-state index contributed by atoms with van der Waals surface area (Å²) in [6.07, 6.45) is 12.3. The quantitative estimate of drug-likeness (QED) is 0.269. The lowest BCUT2D eigenvalue weighted by molar-refractivity contribution is 0.304. The minimum Gasteiger partial charge on any atom is -0.496 e. The molecule has 0 N–H and O–H groups in total. The highest BCUT2D eigenvalue weighted by molar-refractivity contribution is 5.51. The number of unbranched alkanes of at least 4 members (excludes halogenated alkanes) is 7. The predicted molar refractivity (Wildman–Crippen MR) is 128 cm³/mol. The maximum Gasteiger partial charge on any atom is 0.129 e. The lowest BCUT2D eigenvalue weighted by atomic mass is 10.0. The molecule has 4 nitrogen and oxygen atoms in total. The van der Waals surface area contributed by atoms with Crippen molar-refractivity contribution in [1.82, 2.24) is 0 Å². The highest BCUT2D eigenvalue weighted by atomic mass is 16.5. The van der Waals surface area contributed by atoms with Crippen molar-refractivity contribution in [3.05, 3.63) is 47.5 Å². The summed E-state index contributed by atoms with van der Waals surface area (Å²) in [5.41, 5.74) is 2.32. The Labute approximate surface area is 188 Å². The summed E-state index contributed by atoms with van der Waals surface area (Å²) in [7, 11) is 5.00. The molecule has 0 aliphatic rings. The van der Waals surface area contributed by atoms with Gasteiger partial charge in [0.15, 0.2) is 0 Å². The maximum atomic E-state index is 5.91. The molecule has 2 aromatic rings. The Morgan fingerprint density at radius 3 is 1.74 bits per heavy atom. The van der Waals surface area contributed by atoms with Crippen molar-refractivity contribution in [2.45, 2.75) is 71.1 Å². The predicted octanol–water partition coefficient (Wildman–Crippen LogP) is 7.02. The third-order valence-corrected chi connectivity index (χ3v) is 5.67. The Balaban J connectivity index is 1.75. The van der Waals surface area contributed by atoms with E-state index < -0.39 is 0 Å². The van der Waals surface area contributed by atoms with E-state index in [0.29, 0.717) is 0 Å². The van der Waals surface area contributed by atoms with Gasteiger partial charge in [0, 0.05) is 17.7 Å². The SMILES string of the molecule is CCCCCCCCCCOc1ccc(CCc2c(OC)cc(OC)cc2OC)cc1. The topological polar surface area (TPSA) is 36.9 Å². The Bertz CT molecular complexity index is 714. The van der Waals surface area contributed by atoms with Gasteiger partial charge in [-0.3, -0.25) is 0 Å². The van der Waals surface area contributed by atoms with Gasteiger partial charge in [0.25, 0.3) is 0 Å². The van der Waals surface area contributed by atoms with E-state index in [1.165, 1.54) is 50.5 Å². The smallest absolute Gasteiger partial charge is 0.129 e. The number of hydrogen-bond acceptors (Lipinski definition) is 4. The Morgan fingerprint density at radius 2 is 1.19 bits per heavy atom. The van der Waals surface area contributed by atoms with E-state index in [2.05, 4.69) is 31.2 Å². The molecule has 0 atom stereocenters. The first kappa shape index (κ1) is 24.9. The lowest BCUT2D eigenvalue weighted by Gasteiger charge is -2.15. The molecule has 0 radical (unpaired) electrons. The summed E-state index contributed by atoms with van der Waals surface area (Å²) in [6.45, 7) is 3.06. The molecule has 0 amide bonds. The van der Waals surface area contributed by atoms with Crippen LogP contribution in [0.5, 0.6) is 23.0 Å². The van der Waals surface area contributed by atoms with Gasteiger partial charge in [-0.1, -0.05) is 64.0 Å². The van der Waals surface area contributed by atoms with Crippen LogP contribution in [0.2, 0.25) is 0 Å². The molecule has 0 saturated carbocycles. The first-order chi connectivity index (χ1) is 15.2. The van der Waals surface area contributed by atoms with E-state index in [1.807, 2.05) is 12.1 Å². The standard InChI is InChI=1S/C27H40O4/c1-5-6-7-8-9-10-11-12-19-31-23-16-13-22(14-17-23)15-18-25-26(29-3)20-24(28-2)21-27(25)30-4/h13-14,16-17,20-21H,5-12,15,18-19H2,1-4H3. The Kier molecular flexibility index (Phi) is 11.7. The summed E-state index contributed by atoms with van der Waals surface area (Å²) < 4.78 is 22.4. The van der Waals surface area contributed by atoms with Gasteiger partial charge in [-0.05, 0) is 37.0 Å². The second-order valence-electron chi connectivity index (χ2n) is 7.98. The summed E-state index contributed by atoms with van der Waals surface area (Å²) in [5, 5.41) is 0. The number of hydrogen-bond donors (Lipinski definition) is 0. The molecule has 4 heteroatoms. The number of benzene rings is 2. The Hall–Kier alpha value is -2.36. The fourth-order valence-corrected chi connectivity index (χ4v) is 3.77. The molecule has 2 rings (SSSR count). The molecule has 0 heterocycles. The summed E-state index contributed by atoms with van der Waals surface area (Å²) in [4.78, 5) is 0. The minimum absolute atomic E-state index is 0.732. The number of ether oxygens (including phenoxy) is 4. The van der Waals surface area contributed by atoms with Crippen LogP contribution in [0.15, 0.2) is 36.4 Å². The van der Waals surface area contributed by atoms with Crippen LogP contribution >= 0.6 is 0 Å². The van der Waals surface area contributed by atoms with E-state index in [9.17, 15) is 0 Å². The molecular formula is C27H40O4. The first-order valence-electron chi connectivity index (χ1n) is 11.7. The van der Waals surface area contributed by atoms with Crippen molar-refractivity contribution in [2.75, 3.05) is 27.9 Å². The van der Waals surface area contributed by atoms with Gasteiger partial charge in [0.2, 0.25) is 0 Å². The van der Waals surface area contributed by atoms with Crippen molar-refractivity contribution in [1.29, 1.82) is 0 Å². The number of rotatable bonds is 16. The van der Waals surface area contributed by atoms with Crippen LogP contribution < -0.4 is 18.9 Å². The molecule has 2 aromatic carbocycles. The zero-order valence-corrected chi connectivity index (χ0v) is 19.9. The van der Waals surface area contributed by atoms with Crippen LogP contribution in [0.1, 0.15) is 69.4 Å². The van der Waals surface area contributed by atoms with Crippen molar-refractivity contribution in [3.63, 3.8) is 0 Å². The molecule has 172 valence electrons. The molecule has 0 spiro atoms. The van der Waals surface area contributed by atoms with Gasteiger partial charge in [0.05, 0.1) is 27.9 Å². The molecule has 0 bridgehead atoms. The van der Waals surface area contributed by atoms with Gasteiger partial charge in [-0.25, -0.2) is 0 Å². The second-order valence-corrected chi connectivity index (χ2v) is 7.98. The van der Waals surface area contributed by atoms with Gasteiger partial charge < -0.3 is 18.9 Å². The van der Waals surface area contributed by atoms with E-state index in [0.717, 1.165) is 54.4 Å². The van der Waals surface area contributed by atoms with Crippen LogP contribution in [-0.4, -0.2) is 27.9 Å². The van der Waals surface area contributed by atoms with E-state index >= 15 is 0 Å².